The number of carbonyl (C=O) groups excluding carboxylic acids is 1. The van der Waals surface area contributed by atoms with Crippen molar-refractivity contribution >= 4 is 15.6 Å². The van der Waals surface area contributed by atoms with Gasteiger partial charge in [-0.15, -0.1) is 0 Å². The minimum Gasteiger partial charge on any atom is -0.375 e. The van der Waals surface area contributed by atoms with Crippen molar-refractivity contribution < 1.29 is 17.9 Å². The van der Waals surface area contributed by atoms with E-state index in [1.54, 1.807) is 0 Å². The highest BCUT2D eigenvalue weighted by Crippen LogP contribution is 2.43. The van der Waals surface area contributed by atoms with Crippen LogP contribution in [0.1, 0.15) is 57.8 Å². The third-order valence-corrected chi connectivity index (χ3v) is 7.50. The van der Waals surface area contributed by atoms with Gasteiger partial charge in [0.2, 0.25) is 0 Å². The number of hydrogen-bond donors (Lipinski definition) is 0. The third-order valence-electron chi connectivity index (χ3n) is 5.31. The van der Waals surface area contributed by atoms with Gasteiger partial charge < -0.3 is 4.74 Å². The van der Waals surface area contributed by atoms with Crippen LogP contribution >= 0.6 is 0 Å². The molecule has 4 nitrogen and oxygen atoms in total. The summed E-state index contributed by atoms with van der Waals surface area (Å²) in [6, 6.07) is 0. The van der Waals surface area contributed by atoms with Gasteiger partial charge in [-0.05, 0) is 38.5 Å². The molecule has 0 aromatic rings. The number of rotatable bonds is 2. The SMILES string of the molecule is O=C(C1CCOC2(CCCC2)C1)C1CCCCS1(=O)=O. The highest BCUT2D eigenvalue weighted by atomic mass is 32.2. The maximum atomic E-state index is 12.7. The first-order chi connectivity index (χ1) is 9.53. The molecule has 0 N–H and O–H groups in total. The smallest absolute Gasteiger partial charge is 0.160 e. The summed E-state index contributed by atoms with van der Waals surface area (Å²) in [6.45, 7) is 0.614. The lowest BCUT2D eigenvalue weighted by Crippen LogP contribution is -2.45. The molecule has 2 aliphatic heterocycles. The lowest BCUT2D eigenvalue weighted by Gasteiger charge is -2.39. The summed E-state index contributed by atoms with van der Waals surface area (Å²) < 4.78 is 30.2. The molecule has 0 bridgehead atoms. The molecule has 2 atom stereocenters. The van der Waals surface area contributed by atoms with Gasteiger partial charge in [0.1, 0.15) is 5.25 Å². The van der Waals surface area contributed by atoms with Crippen LogP contribution in [-0.4, -0.2) is 37.4 Å². The van der Waals surface area contributed by atoms with Gasteiger partial charge in [0.25, 0.3) is 0 Å². The van der Waals surface area contributed by atoms with Crippen LogP contribution < -0.4 is 0 Å². The van der Waals surface area contributed by atoms with E-state index < -0.39 is 15.1 Å². The summed E-state index contributed by atoms with van der Waals surface area (Å²) in [5.74, 6) is 0.0802. The summed E-state index contributed by atoms with van der Waals surface area (Å²) in [5, 5.41) is -0.724. The quantitative estimate of drug-likeness (QED) is 0.785. The molecule has 1 aliphatic carbocycles. The number of sulfone groups is 1. The van der Waals surface area contributed by atoms with Crippen LogP contribution in [0.5, 0.6) is 0 Å². The zero-order chi connectivity index (χ0) is 14.2. The van der Waals surface area contributed by atoms with E-state index in [1.807, 2.05) is 0 Å². The number of ketones is 1. The minimum absolute atomic E-state index is 0.0146. The maximum absolute atomic E-state index is 12.7. The molecule has 0 aromatic carbocycles. The normalized spacial score (nSPS) is 36.0. The first-order valence-electron chi connectivity index (χ1n) is 7.92. The first-order valence-corrected chi connectivity index (χ1v) is 9.63. The van der Waals surface area contributed by atoms with Crippen LogP contribution in [0.15, 0.2) is 0 Å². The molecular weight excluding hydrogens is 276 g/mol. The van der Waals surface area contributed by atoms with Crippen molar-refractivity contribution in [1.82, 2.24) is 0 Å². The van der Waals surface area contributed by atoms with E-state index in [0.29, 0.717) is 25.9 Å². The monoisotopic (exact) mass is 300 g/mol. The van der Waals surface area contributed by atoms with Gasteiger partial charge in [-0.2, -0.15) is 0 Å². The third kappa shape index (κ3) is 2.67. The first kappa shape index (κ1) is 14.5. The van der Waals surface area contributed by atoms with Gasteiger partial charge >= 0.3 is 0 Å². The van der Waals surface area contributed by atoms with Crippen LogP contribution in [-0.2, 0) is 19.4 Å². The van der Waals surface area contributed by atoms with Crippen LogP contribution in [0.4, 0.5) is 0 Å². The van der Waals surface area contributed by atoms with Gasteiger partial charge in [0.15, 0.2) is 15.6 Å². The predicted molar refractivity (Wildman–Crippen MR) is 76.3 cm³/mol. The van der Waals surface area contributed by atoms with Gasteiger partial charge in [-0.3, -0.25) is 4.79 Å². The van der Waals surface area contributed by atoms with Gasteiger partial charge in [0.05, 0.1) is 11.4 Å². The Bertz CT molecular complexity index is 476. The Kier molecular flexibility index (Phi) is 3.93. The van der Waals surface area contributed by atoms with Crippen molar-refractivity contribution in [3.8, 4) is 0 Å². The molecule has 5 heteroatoms. The molecule has 3 aliphatic rings. The van der Waals surface area contributed by atoms with Crippen LogP contribution in [0, 0.1) is 5.92 Å². The second kappa shape index (κ2) is 5.41. The maximum Gasteiger partial charge on any atom is 0.160 e. The molecule has 1 spiro atoms. The van der Waals surface area contributed by atoms with E-state index >= 15 is 0 Å². The van der Waals surface area contributed by atoms with Crippen molar-refractivity contribution in [1.29, 1.82) is 0 Å². The van der Waals surface area contributed by atoms with Crippen molar-refractivity contribution in [2.75, 3.05) is 12.4 Å². The lowest BCUT2D eigenvalue weighted by molar-refractivity contribution is -0.136. The lowest BCUT2D eigenvalue weighted by atomic mass is 9.81. The van der Waals surface area contributed by atoms with Crippen LogP contribution in [0.2, 0.25) is 0 Å². The zero-order valence-corrected chi connectivity index (χ0v) is 12.8. The average molecular weight is 300 g/mol. The predicted octanol–water partition coefficient (Wildman–Crippen LogP) is 2.26. The fourth-order valence-electron chi connectivity index (χ4n) is 4.18. The second-order valence-corrected chi connectivity index (χ2v) is 8.99. The standard InChI is InChI=1S/C15H24O4S/c16-14(13-5-1-4-10-20(13,17)18)12-6-9-19-15(11-12)7-2-3-8-15/h12-13H,1-11H2. The number of hydrogen-bond acceptors (Lipinski definition) is 4. The number of ether oxygens (including phenoxy) is 1. The van der Waals surface area contributed by atoms with Gasteiger partial charge in [-0.25, -0.2) is 8.42 Å². The molecule has 0 amide bonds. The summed E-state index contributed by atoms with van der Waals surface area (Å²) in [7, 11) is -3.20. The Labute approximate surface area is 121 Å². The Morgan fingerprint density at radius 2 is 1.80 bits per heavy atom. The fraction of sp³-hybridized carbons (Fsp3) is 0.933. The van der Waals surface area contributed by atoms with Gasteiger partial charge in [0, 0.05) is 12.5 Å². The summed E-state index contributed by atoms with van der Waals surface area (Å²) in [5.41, 5.74) is -0.114. The van der Waals surface area contributed by atoms with E-state index in [1.165, 1.54) is 12.8 Å². The average Bonchev–Trinajstić information content (AvgIpc) is 2.85. The van der Waals surface area contributed by atoms with E-state index in [4.69, 9.17) is 4.74 Å². The van der Waals surface area contributed by atoms with Crippen molar-refractivity contribution in [2.45, 2.75) is 68.6 Å². The van der Waals surface area contributed by atoms with Crippen LogP contribution in [0.3, 0.4) is 0 Å². The topological polar surface area (TPSA) is 60.4 Å². The molecule has 1 saturated carbocycles. The Morgan fingerprint density at radius 1 is 1.05 bits per heavy atom. The minimum atomic E-state index is -3.20. The molecule has 20 heavy (non-hydrogen) atoms. The Balaban J connectivity index is 1.73. The summed E-state index contributed by atoms with van der Waals surface area (Å²) >= 11 is 0. The van der Waals surface area contributed by atoms with Crippen molar-refractivity contribution in [3.05, 3.63) is 0 Å². The molecule has 0 aromatic heterocycles. The van der Waals surface area contributed by atoms with E-state index in [-0.39, 0.29) is 23.1 Å². The summed E-state index contributed by atoms with van der Waals surface area (Å²) in [4.78, 5) is 12.7. The second-order valence-electron chi connectivity index (χ2n) is 6.68. The van der Waals surface area contributed by atoms with E-state index in [2.05, 4.69) is 0 Å². The van der Waals surface area contributed by atoms with Crippen molar-refractivity contribution in [3.63, 3.8) is 0 Å². The zero-order valence-electron chi connectivity index (χ0n) is 12.0. The van der Waals surface area contributed by atoms with Crippen LogP contribution in [0.25, 0.3) is 0 Å². The fourth-order valence-corrected chi connectivity index (χ4v) is 6.14. The molecule has 2 saturated heterocycles. The highest BCUT2D eigenvalue weighted by molar-refractivity contribution is 7.92. The molecular formula is C15H24O4S. The molecule has 2 unspecified atom stereocenters. The highest BCUT2D eigenvalue weighted by Gasteiger charge is 2.45. The van der Waals surface area contributed by atoms with Crippen molar-refractivity contribution in [2.24, 2.45) is 5.92 Å². The van der Waals surface area contributed by atoms with Gasteiger partial charge in [-0.1, -0.05) is 19.3 Å². The largest absolute Gasteiger partial charge is 0.375 e. The Hall–Kier alpha value is -0.420. The molecule has 0 radical (unpaired) electrons. The molecule has 3 rings (SSSR count). The van der Waals surface area contributed by atoms with E-state index in [0.717, 1.165) is 25.7 Å². The Morgan fingerprint density at radius 3 is 2.50 bits per heavy atom. The number of Topliss-reactive ketones (excluding diaryl/α,β-unsaturated/α-hetero) is 1. The molecule has 2 heterocycles. The van der Waals surface area contributed by atoms with E-state index in [9.17, 15) is 13.2 Å². The number of carbonyl (C=O) groups is 1. The molecule has 3 fully saturated rings. The summed E-state index contributed by atoms with van der Waals surface area (Å²) in [6.07, 6.45) is 7.97. The molecule has 114 valence electrons.